The number of carbonyl (C=O) groups excluding carboxylic acids is 1. The van der Waals surface area contributed by atoms with Gasteiger partial charge in [-0.1, -0.05) is 11.6 Å². The van der Waals surface area contributed by atoms with Crippen LogP contribution < -0.4 is 0 Å². The van der Waals surface area contributed by atoms with Crippen LogP contribution in [0.4, 0.5) is 0 Å². The third-order valence-electron chi connectivity index (χ3n) is 3.20. The Hall–Kier alpha value is -2.18. The van der Waals surface area contributed by atoms with Crippen LogP contribution >= 0.6 is 23.1 Å². The zero-order chi connectivity index (χ0) is 15.7. The van der Waals surface area contributed by atoms with Crippen molar-refractivity contribution in [3.63, 3.8) is 0 Å². The molecule has 2 aromatic heterocycles. The first-order chi connectivity index (χ1) is 10.6. The van der Waals surface area contributed by atoms with Crippen LogP contribution in [0.15, 0.2) is 42.2 Å². The number of benzene rings is 1. The first kappa shape index (κ1) is 14.7. The summed E-state index contributed by atoms with van der Waals surface area (Å²) < 4.78 is 6.02. The molecule has 0 aliphatic rings. The van der Waals surface area contributed by atoms with Crippen LogP contribution in [-0.4, -0.2) is 38.8 Å². The van der Waals surface area contributed by atoms with Crippen molar-refractivity contribution in [2.45, 2.75) is 0 Å². The van der Waals surface area contributed by atoms with Crippen LogP contribution in [0, 0.1) is 0 Å². The summed E-state index contributed by atoms with van der Waals surface area (Å²) in [6, 6.07) is 5.35. The molecule has 0 saturated heterocycles. The summed E-state index contributed by atoms with van der Waals surface area (Å²) >= 11 is 7.65. The number of aromatic nitrogens is 3. The molecule has 1 amide bonds. The lowest BCUT2D eigenvalue weighted by Crippen LogP contribution is -2.22. The molecule has 0 N–H and O–H groups in total. The SMILES string of the molecule is CN(C)C(=O)c1ccc(-n2ccnc2-c2cnsc2)cc1Cl. The van der Waals surface area contributed by atoms with Crippen molar-refractivity contribution in [2.24, 2.45) is 0 Å². The number of halogens is 1. The molecule has 0 radical (unpaired) electrons. The van der Waals surface area contributed by atoms with Crippen LogP contribution in [-0.2, 0) is 0 Å². The summed E-state index contributed by atoms with van der Waals surface area (Å²) in [5, 5.41) is 2.35. The lowest BCUT2D eigenvalue weighted by atomic mass is 10.1. The maximum Gasteiger partial charge on any atom is 0.254 e. The van der Waals surface area contributed by atoms with E-state index in [9.17, 15) is 4.79 Å². The molecule has 3 aromatic rings. The summed E-state index contributed by atoms with van der Waals surface area (Å²) in [6.07, 6.45) is 5.35. The van der Waals surface area contributed by atoms with Crippen LogP contribution in [0.1, 0.15) is 10.4 Å². The number of imidazole rings is 1. The van der Waals surface area contributed by atoms with Gasteiger partial charge in [0.1, 0.15) is 5.82 Å². The zero-order valence-electron chi connectivity index (χ0n) is 12.0. The number of hydrogen-bond donors (Lipinski definition) is 0. The molecule has 0 fully saturated rings. The minimum absolute atomic E-state index is 0.121. The van der Waals surface area contributed by atoms with E-state index in [1.54, 1.807) is 38.6 Å². The molecule has 3 rings (SSSR count). The largest absolute Gasteiger partial charge is 0.345 e. The zero-order valence-corrected chi connectivity index (χ0v) is 13.6. The van der Waals surface area contributed by atoms with E-state index in [-0.39, 0.29) is 5.91 Å². The third-order valence-corrected chi connectivity index (χ3v) is 4.10. The smallest absolute Gasteiger partial charge is 0.254 e. The number of amides is 1. The van der Waals surface area contributed by atoms with Crippen molar-refractivity contribution < 1.29 is 4.79 Å². The van der Waals surface area contributed by atoms with E-state index >= 15 is 0 Å². The molecular formula is C15H13ClN4OS. The third kappa shape index (κ3) is 2.63. The molecule has 0 aliphatic heterocycles. The molecule has 0 saturated carbocycles. The lowest BCUT2D eigenvalue weighted by Gasteiger charge is -2.13. The maximum absolute atomic E-state index is 12.0. The Morgan fingerprint density at radius 3 is 2.82 bits per heavy atom. The lowest BCUT2D eigenvalue weighted by molar-refractivity contribution is 0.0828. The highest BCUT2D eigenvalue weighted by Gasteiger charge is 2.15. The molecule has 112 valence electrons. The van der Waals surface area contributed by atoms with Crippen LogP contribution in [0.5, 0.6) is 0 Å². The Balaban J connectivity index is 2.03. The molecule has 0 atom stereocenters. The number of hydrogen-bond acceptors (Lipinski definition) is 4. The highest BCUT2D eigenvalue weighted by atomic mass is 35.5. The molecule has 22 heavy (non-hydrogen) atoms. The van der Waals surface area contributed by atoms with E-state index in [1.165, 1.54) is 16.4 Å². The van der Waals surface area contributed by atoms with Gasteiger partial charge in [-0.15, -0.1) is 0 Å². The second kappa shape index (κ2) is 5.90. The minimum Gasteiger partial charge on any atom is -0.345 e. The molecule has 0 bridgehead atoms. The summed E-state index contributed by atoms with van der Waals surface area (Å²) in [4.78, 5) is 17.9. The number of rotatable bonds is 3. The maximum atomic E-state index is 12.0. The van der Waals surface area contributed by atoms with E-state index in [4.69, 9.17) is 11.6 Å². The second-order valence-electron chi connectivity index (χ2n) is 4.90. The standard InChI is InChI=1S/C15H13ClN4OS/c1-19(2)15(21)12-4-3-11(7-13(12)16)20-6-5-17-14(20)10-8-18-22-9-10/h3-9H,1-2H3. The Morgan fingerprint density at radius 1 is 1.36 bits per heavy atom. The van der Waals surface area contributed by atoms with Gasteiger partial charge in [0.2, 0.25) is 0 Å². The van der Waals surface area contributed by atoms with Gasteiger partial charge >= 0.3 is 0 Å². The van der Waals surface area contributed by atoms with E-state index in [0.717, 1.165) is 17.1 Å². The molecule has 1 aromatic carbocycles. The first-order valence-electron chi connectivity index (χ1n) is 6.52. The van der Waals surface area contributed by atoms with E-state index in [1.807, 2.05) is 22.2 Å². The fourth-order valence-electron chi connectivity index (χ4n) is 2.11. The molecule has 7 heteroatoms. The van der Waals surface area contributed by atoms with Gasteiger partial charge in [0.15, 0.2) is 0 Å². The molecule has 0 unspecified atom stereocenters. The van der Waals surface area contributed by atoms with Gasteiger partial charge < -0.3 is 4.90 Å². The predicted octanol–water partition coefficient (Wildman–Crippen LogP) is 3.35. The predicted molar refractivity (Wildman–Crippen MR) is 87.7 cm³/mol. The fourth-order valence-corrected chi connectivity index (χ4v) is 2.88. The molecule has 0 aliphatic carbocycles. The van der Waals surface area contributed by atoms with Gasteiger partial charge in [0.25, 0.3) is 5.91 Å². The molecule has 5 nitrogen and oxygen atoms in total. The van der Waals surface area contributed by atoms with E-state index in [0.29, 0.717) is 10.6 Å². The first-order valence-corrected chi connectivity index (χ1v) is 7.74. The fraction of sp³-hybridized carbons (Fsp3) is 0.133. The Bertz CT molecular complexity index is 811. The van der Waals surface area contributed by atoms with Gasteiger partial charge in [0.05, 0.1) is 16.8 Å². The van der Waals surface area contributed by atoms with Gasteiger partial charge in [-0.2, -0.15) is 0 Å². The highest BCUT2D eigenvalue weighted by Crippen LogP contribution is 2.26. The monoisotopic (exact) mass is 332 g/mol. The number of nitrogens with zero attached hydrogens (tertiary/aromatic N) is 4. The highest BCUT2D eigenvalue weighted by molar-refractivity contribution is 7.03. The van der Waals surface area contributed by atoms with Gasteiger partial charge in [-0.25, -0.2) is 9.36 Å². The number of carbonyl (C=O) groups is 1. The van der Waals surface area contributed by atoms with Gasteiger partial charge in [0, 0.05) is 43.1 Å². The average Bonchev–Trinajstić information content (AvgIpc) is 3.16. The van der Waals surface area contributed by atoms with Crippen molar-refractivity contribution in [3.05, 3.63) is 52.8 Å². The van der Waals surface area contributed by atoms with Crippen molar-refractivity contribution in [3.8, 4) is 17.1 Å². The van der Waals surface area contributed by atoms with Crippen LogP contribution in [0.25, 0.3) is 17.1 Å². The van der Waals surface area contributed by atoms with Crippen molar-refractivity contribution in [1.82, 2.24) is 18.8 Å². The van der Waals surface area contributed by atoms with E-state index in [2.05, 4.69) is 9.36 Å². The molecule has 0 spiro atoms. The average molecular weight is 333 g/mol. The van der Waals surface area contributed by atoms with Crippen molar-refractivity contribution >= 4 is 29.0 Å². The van der Waals surface area contributed by atoms with Crippen molar-refractivity contribution in [2.75, 3.05) is 14.1 Å². The molecular weight excluding hydrogens is 320 g/mol. The summed E-state index contributed by atoms with van der Waals surface area (Å²) in [6.45, 7) is 0. The minimum atomic E-state index is -0.121. The van der Waals surface area contributed by atoms with Gasteiger partial charge in [-0.05, 0) is 29.7 Å². The van der Waals surface area contributed by atoms with E-state index < -0.39 is 0 Å². The Morgan fingerprint density at radius 2 is 2.18 bits per heavy atom. The van der Waals surface area contributed by atoms with Gasteiger partial charge in [-0.3, -0.25) is 9.36 Å². The van der Waals surface area contributed by atoms with Crippen LogP contribution in [0.3, 0.4) is 0 Å². The van der Waals surface area contributed by atoms with Crippen LogP contribution in [0.2, 0.25) is 5.02 Å². The Kier molecular flexibility index (Phi) is 3.96. The molecule has 2 heterocycles. The topological polar surface area (TPSA) is 51.0 Å². The summed E-state index contributed by atoms with van der Waals surface area (Å²) in [5.41, 5.74) is 2.27. The quantitative estimate of drug-likeness (QED) is 0.739. The van der Waals surface area contributed by atoms with Crippen molar-refractivity contribution in [1.29, 1.82) is 0 Å². The second-order valence-corrected chi connectivity index (χ2v) is 5.96. The Labute approximate surface area is 137 Å². The normalized spacial score (nSPS) is 10.7. The summed E-state index contributed by atoms with van der Waals surface area (Å²) in [5.74, 6) is 0.668. The summed E-state index contributed by atoms with van der Waals surface area (Å²) in [7, 11) is 3.40.